The Bertz CT molecular complexity index is 365. The summed E-state index contributed by atoms with van der Waals surface area (Å²) in [5.41, 5.74) is 5.21. The number of amides is 2. The molecule has 2 amide bonds. The average molecular weight is 235 g/mol. The van der Waals surface area contributed by atoms with E-state index in [2.05, 4.69) is 22.8 Å². The second-order valence-electron chi connectivity index (χ2n) is 3.70. The number of nitrogens with one attached hydrogen (secondary N) is 2. The van der Waals surface area contributed by atoms with Crippen LogP contribution in [-0.2, 0) is 4.79 Å². The molecule has 0 aliphatic rings. The van der Waals surface area contributed by atoms with E-state index in [1.165, 1.54) is 12.4 Å². The van der Waals surface area contributed by atoms with Gasteiger partial charge in [-0.3, -0.25) is 25.4 Å². The minimum Gasteiger partial charge on any atom is -0.273 e. The van der Waals surface area contributed by atoms with Gasteiger partial charge >= 0.3 is 0 Å². The predicted molar refractivity (Wildman–Crippen MR) is 64.0 cm³/mol. The van der Waals surface area contributed by atoms with Crippen molar-refractivity contribution in [2.75, 3.05) is 0 Å². The standard InChI is InChI=1S/C12H17N3O2/c1-2-3-4-5-11(16)14-15-12(17)10-6-8-13-9-7-10/h6-9H,2-5H2,1H3,(H,14,16)(H,15,17). The molecule has 1 aromatic rings. The highest BCUT2D eigenvalue weighted by Gasteiger charge is 2.06. The van der Waals surface area contributed by atoms with Crippen molar-refractivity contribution in [3.05, 3.63) is 30.1 Å². The number of pyridine rings is 1. The van der Waals surface area contributed by atoms with Gasteiger partial charge in [-0.05, 0) is 18.6 Å². The summed E-state index contributed by atoms with van der Waals surface area (Å²) in [4.78, 5) is 26.6. The number of hydrogen-bond acceptors (Lipinski definition) is 3. The van der Waals surface area contributed by atoms with Crippen LogP contribution in [0, 0.1) is 0 Å². The molecule has 92 valence electrons. The molecule has 0 aliphatic carbocycles. The van der Waals surface area contributed by atoms with Gasteiger partial charge in [0, 0.05) is 24.4 Å². The Morgan fingerprint density at radius 1 is 1.18 bits per heavy atom. The van der Waals surface area contributed by atoms with Crippen molar-refractivity contribution >= 4 is 11.8 Å². The van der Waals surface area contributed by atoms with Crippen LogP contribution in [-0.4, -0.2) is 16.8 Å². The average Bonchev–Trinajstić information content (AvgIpc) is 2.37. The molecule has 1 heterocycles. The van der Waals surface area contributed by atoms with Crippen molar-refractivity contribution < 1.29 is 9.59 Å². The lowest BCUT2D eigenvalue weighted by Gasteiger charge is -2.06. The molecule has 0 unspecified atom stereocenters. The van der Waals surface area contributed by atoms with Gasteiger partial charge in [-0.2, -0.15) is 0 Å². The van der Waals surface area contributed by atoms with Crippen molar-refractivity contribution in [3.63, 3.8) is 0 Å². The Balaban J connectivity index is 2.26. The van der Waals surface area contributed by atoms with E-state index in [0.717, 1.165) is 19.3 Å². The number of unbranched alkanes of at least 4 members (excludes halogenated alkanes) is 2. The third kappa shape index (κ3) is 5.10. The van der Waals surface area contributed by atoms with Crippen molar-refractivity contribution in [1.82, 2.24) is 15.8 Å². The van der Waals surface area contributed by atoms with Crippen molar-refractivity contribution in [2.45, 2.75) is 32.6 Å². The van der Waals surface area contributed by atoms with Crippen molar-refractivity contribution in [2.24, 2.45) is 0 Å². The van der Waals surface area contributed by atoms with Crippen LogP contribution in [0.3, 0.4) is 0 Å². The summed E-state index contributed by atoms with van der Waals surface area (Å²) in [6.07, 6.45) is 6.41. The van der Waals surface area contributed by atoms with Gasteiger partial charge in [0.2, 0.25) is 5.91 Å². The Morgan fingerprint density at radius 3 is 2.53 bits per heavy atom. The minimum absolute atomic E-state index is 0.166. The second kappa shape index (κ2) is 7.38. The quantitative estimate of drug-likeness (QED) is 0.599. The predicted octanol–water partition coefficient (Wildman–Crippen LogP) is 1.42. The molecule has 17 heavy (non-hydrogen) atoms. The molecule has 0 spiro atoms. The van der Waals surface area contributed by atoms with Gasteiger partial charge in [0.05, 0.1) is 0 Å². The van der Waals surface area contributed by atoms with Gasteiger partial charge in [-0.15, -0.1) is 0 Å². The van der Waals surface area contributed by atoms with Gasteiger partial charge in [-0.25, -0.2) is 0 Å². The van der Waals surface area contributed by atoms with Gasteiger partial charge in [0.25, 0.3) is 5.91 Å². The highest BCUT2D eigenvalue weighted by Crippen LogP contribution is 1.98. The molecule has 0 saturated heterocycles. The monoisotopic (exact) mass is 235 g/mol. The lowest BCUT2D eigenvalue weighted by molar-refractivity contribution is -0.121. The Morgan fingerprint density at radius 2 is 1.88 bits per heavy atom. The molecule has 2 N–H and O–H groups in total. The number of aromatic nitrogens is 1. The van der Waals surface area contributed by atoms with E-state index in [0.29, 0.717) is 12.0 Å². The summed E-state index contributed by atoms with van der Waals surface area (Å²) in [6.45, 7) is 2.07. The van der Waals surface area contributed by atoms with Crippen LogP contribution in [0.5, 0.6) is 0 Å². The molecule has 0 radical (unpaired) electrons. The van der Waals surface area contributed by atoms with Crippen molar-refractivity contribution in [1.29, 1.82) is 0 Å². The molecule has 0 aromatic carbocycles. The van der Waals surface area contributed by atoms with E-state index >= 15 is 0 Å². The molecule has 5 heteroatoms. The van der Waals surface area contributed by atoms with E-state index in [-0.39, 0.29) is 11.8 Å². The third-order valence-electron chi connectivity index (χ3n) is 2.27. The summed E-state index contributed by atoms with van der Waals surface area (Å²) in [6, 6.07) is 3.16. The number of rotatable bonds is 5. The summed E-state index contributed by atoms with van der Waals surface area (Å²) in [5, 5.41) is 0. The van der Waals surface area contributed by atoms with Crippen LogP contribution in [0.4, 0.5) is 0 Å². The normalized spacial score (nSPS) is 9.71. The minimum atomic E-state index is -0.337. The molecule has 0 aliphatic heterocycles. The van der Waals surface area contributed by atoms with Gasteiger partial charge in [0.1, 0.15) is 0 Å². The summed E-state index contributed by atoms with van der Waals surface area (Å²) < 4.78 is 0. The zero-order valence-corrected chi connectivity index (χ0v) is 9.90. The summed E-state index contributed by atoms with van der Waals surface area (Å²) in [5.74, 6) is -0.503. The highest BCUT2D eigenvalue weighted by molar-refractivity contribution is 5.95. The van der Waals surface area contributed by atoms with Crippen LogP contribution in [0.1, 0.15) is 43.0 Å². The molecule has 0 saturated carbocycles. The van der Waals surface area contributed by atoms with E-state index in [1.54, 1.807) is 12.1 Å². The SMILES string of the molecule is CCCCCC(=O)NNC(=O)c1ccncc1. The first-order valence-corrected chi connectivity index (χ1v) is 5.73. The first-order chi connectivity index (χ1) is 8.24. The number of hydrogen-bond donors (Lipinski definition) is 2. The van der Waals surface area contributed by atoms with Gasteiger partial charge in [0.15, 0.2) is 0 Å². The van der Waals surface area contributed by atoms with Crippen LogP contribution in [0.25, 0.3) is 0 Å². The maximum absolute atomic E-state index is 11.5. The first kappa shape index (κ1) is 13.2. The maximum Gasteiger partial charge on any atom is 0.269 e. The molecule has 1 aromatic heterocycles. The smallest absolute Gasteiger partial charge is 0.269 e. The number of carbonyl (C=O) groups excluding carboxylic acids is 2. The lowest BCUT2D eigenvalue weighted by atomic mass is 10.2. The molecule has 0 atom stereocenters. The highest BCUT2D eigenvalue weighted by atomic mass is 16.2. The Labute approximate surface area is 101 Å². The number of hydrazine groups is 1. The zero-order chi connectivity index (χ0) is 12.5. The first-order valence-electron chi connectivity index (χ1n) is 5.73. The van der Waals surface area contributed by atoms with Gasteiger partial charge in [-0.1, -0.05) is 19.8 Å². The molecule has 0 bridgehead atoms. The summed E-state index contributed by atoms with van der Waals surface area (Å²) in [7, 11) is 0. The Kier molecular flexibility index (Phi) is 5.71. The molecular formula is C12H17N3O2. The molecule has 5 nitrogen and oxygen atoms in total. The maximum atomic E-state index is 11.5. The molecule has 1 rings (SSSR count). The van der Waals surface area contributed by atoms with Gasteiger partial charge < -0.3 is 0 Å². The summed E-state index contributed by atoms with van der Waals surface area (Å²) >= 11 is 0. The van der Waals surface area contributed by atoms with Crippen LogP contribution in [0.2, 0.25) is 0 Å². The van der Waals surface area contributed by atoms with Crippen LogP contribution in [0.15, 0.2) is 24.5 Å². The van der Waals surface area contributed by atoms with E-state index in [9.17, 15) is 9.59 Å². The molecule has 0 fully saturated rings. The van der Waals surface area contributed by atoms with Crippen molar-refractivity contribution in [3.8, 4) is 0 Å². The lowest BCUT2D eigenvalue weighted by Crippen LogP contribution is -2.41. The van der Waals surface area contributed by atoms with Crippen LogP contribution >= 0.6 is 0 Å². The largest absolute Gasteiger partial charge is 0.273 e. The van der Waals surface area contributed by atoms with E-state index in [4.69, 9.17) is 0 Å². The fourth-order valence-electron chi connectivity index (χ4n) is 1.30. The topological polar surface area (TPSA) is 71.1 Å². The van der Waals surface area contributed by atoms with Crippen LogP contribution < -0.4 is 10.9 Å². The zero-order valence-electron chi connectivity index (χ0n) is 9.90. The second-order valence-corrected chi connectivity index (χ2v) is 3.70. The molecular weight excluding hydrogens is 218 g/mol. The number of nitrogens with zero attached hydrogens (tertiary/aromatic N) is 1. The number of carbonyl (C=O) groups is 2. The van der Waals surface area contributed by atoms with E-state index < -0.39 is 0 Å². The van der Waals surface area contributed by atoms with E-state index in [1.807, 2.05) is 0 Å². The Hall–Kier alpha value is -1.91. The fourth-order valence-corrected chi connectivity index (χ4v) is 1.30. The third-order valence-corrected chi connectivity index (χ3v) is 2.27. The fraction of sp³-hybridized carbons (Fsp3) is 0.417.